The number of esters is 1. The van der Waals surface area contributed by atoms with Crippen molar-refractivity contribution in [1.82, 2.24) is 9.97 Å². The van der Waals surface area contributed by atoms with Crippen LogP contribution in [0.4, 0.5) is 0 Å². The predicted molar refractivity (Wildman–Crippen MR) is 90.0 cm³/mol. The van der Waals surface area contributed by atoms with Crippen molar-refractivity contribution in [3.8, 4) is 16.8 Å². The summed E-state index contributed by atoms with van der Waals surface area (Å²) in [7, 11) is 0. The molecular formula is C18H13N3O2S. The highest BCUT2D eigenvalue weighted by Crippen LogP contribution is 2.21. The van der Waals surface area contributed by atoms with Crippen molar-refractivity contribution in [3.63, 3.8) is 0 Å². The Hall–Kier alpha value is -3.04. The summed E-state index contributed by atoms with van der Waals surface area (Å²) in [6, 6.07) is 14.7. The number of nitriles is 1. The van der Waals surface area contributed by atoms with Gasteiger partial charge in [-0.2, -0.15) is 5.26 Å². The van der Waals surface area contributed by atoms with E-state index in [2.05, 4.69) is 16.0 Å². The van der Waals surface area contributed by atoms with Gasteiger partial charge in [0.1, 0.15) is 11.6 Å². The molecule has 0 bridgehead atoms. The zero-order chi connectivity index (χ0) is 16.8. The first-order valence-electron chi connectivity index (χ1n) is 7.25. The molecular weight excluding hydrogens is 322 g/mol. The summed E-state index contributed by atoms with van der Waals surface area (Å²) in [5, 5.41) is 11.5. The highest BCUT2D eigenvalue weighted by Gasteiger charge is 2.11. The van der Waals surface area contributed by atoms with Gasteiger partial charge in [-0.25, -0.2) is 4.98 Å². The van der Waals surface area contributed by atoms with Gasteiger partial charge < -0.3 is 4.74 Å². The molecule has 2 aromatic heterocycles. The zero-order valence-corrected chi connectivity index (χ0v) is 13.5. The maximum atomic E-state index is 11.9. The van der Waals surface area contributed by atoms with Gasteiger partial charge in [-0.1, -0.05) is 18.2 Å². The Balaban J connectivity index is 1.57. The SMILES string of the molecule is N#Cc1cccc(COC(=O)Cc2csc(-c3ccccn3)n2)c1. The van der Waals surface area contributed by atoms with E-state index in [1.165, 1.54) is 11.3 Å². The van der Waals surface area contributed by atoms with Gasteiger partial charge in [-0.05, 0) is 29.8 Å². The second-order valence-corrected chi connectivity index (χ2v) is 5.87. The van der Waals surface area contributed by atoms with Crippen LogP contribution in [0.15, 0.2) is 54.0 Å². The average Bonchev–Trinajstić information content (AvgIpc) is 3.09. The second-order valence-electron chi connectivity index (χ2n) is 5.01. The molecule has 2 heterocycles. The second kappa shape index (κ2) is 7.49. The number of thiazole rings is 1. The number of benzene rings is 1. The van der Waals surface area contributed by atoms with Gasteiger partial charge in [-0.15, -0.1) is 11.3 Å². The normalized spacial score (nSPS) is 10.1. The third kappa shape index (κ3) is 4.03. The molecule has 0 fully saturated rings. The predicted octanol–water partition coefficient (Wildman–Crippen LogP) is 3.36. The quantitative estimate of drug-likeness (QED) is 0.668. The van der Waals surface area contributed by atoms with Gasteiger partial charge in [-0.3, -0.25) is 9.78 Å². The van der Waals surface area contributed by atoms with Crippen LogP contribution in [0.5, 0.6) is 0 Å². The largest absolute Gasteiger partial charge is 0.461 e. The molecule has 24 heavy (non-hydrogen) atoms. The van der Waals surface area contributed by atoms with E-state index in [0.717, 1.165) is 16.3 Å². The Morgan fingerprint density at radius 3 is 2.96 bits per heavy atom. The van der Waals surface area contributed by atoms with Crippen molar-refractivity contribution in [1.29, 1.82) is 5.26 Å². The maximum absolute atomic E-state index is 11.9. The highest BCUT2D eigenvalue weighted by molar-refractivity contribution is 7.13. The van der Waals surface area contributed by atoms with Crippen LogP contribution in [0.25, 0.3) is 10.7 Å². The van der Waals surface area contributed by atoms with Crippen LogP contribution in [0.2, 0.25) is 0 Å². The molecule has 0 N–H and O–H groups in total. The molecule has 0 atom stereocenters. The number of carbonyl (C=O) groups excluding carboxylic acids is 1. The monoisotopic (exact) mass is 335 g/mol. The summed E-state index contributed by atoms with van der Waals surface area (Å²) in [4.78, 5) is 20.6. The van der Waals surface area contributed by atoms with E-state index in [-0.39, 0.29) is 19.0 Å². The third-order valence-electron chi connectivity index (χ3n) is 3.22. The first-order valence-corrected chi connectivity index (χ1v) is 8.13. The molecule has 0 spiro atoms. The minimum absolute atomic E-state index is 0.112. The molecule has 0 radical (unpaired) electrons. The van der Waals surface area contributed by atoms with Crippen LogP contribution in [0.3, 0.4) is 0 Å². The average molecular weight is 335 g/mol. The standard InChI is InChI=1S/C18H13N3O2S/c19-10-13-4-3-5-14(8-13)11-23-17(22)9-15-12-24-18(21-15)16-6-1-2-7-20-16/h1-8,12H,9,11H2. The van der Waals surface area contributed by atoms with Crippen LogP contribution in [-0.2, 0) is 22.6 Å². The molecule has 1 aromatic carbocycles. The fourth-order valence-electron chi connectivity index (χ4n) is 2.09. The lowest BCUT2D eigenvalue weighted by atomic mass is 10.1. The Morgan fingerprint density at radius 1 is 1.25 bits per heavy atom. The van der Waals surface area contributed by atoms with Gasteiger partial charge in [0.2, 0.25) is 0 Å². The van der Waals surface area contributed by atoms with E-state index in [1.807, 2.05) is 29.6 Å². The van der Waals surface area contributed by atoms with Crippen molar-refractivity contribution >= 4 is 17.3 Å². The molecule has 3 rings (SSSR count). The van der Waals surface area contributed by atoms with Crippen LogP contribution in [-0.4, -0.2) is 15.9 Å². The van der Waals surface area contributed by atoms with Crippen molar-refractivity contribution in [2.75, 3.05) is 0 Å². The smallest absolute Gasteiger partial charge is 0.312 e. The van der Waals surface area contributed by atoms with E-state index in [1.54, 1.807) is 24.4 Å². The van der Waals surface area contributed by atoms with Crippen LogP contribution in [0, 0.1) is 11.3 Å². The summed E-state index contributed by atoms with van der Waals surface area (Å²) in [5.41, 5.74) is 2.78. The lowest BCUT2D eigenvalue weighted by Crippen LogP contribution is -2.08. The third-order valence-corrected chi connectivity index (χ3v) is 4.13. The van der Waals surface area contributed by atoms with E-state index < -0.39 is 0 Å². The van der Waals surface area contributed by atoms with Crippen LogP contribution in [0.1, 0.15) is 16.8 Å². The molecule has 3 aromatic rings. The summed E-state index contributed by atoms with van der Waals surface area (Å²) in [5.74, 6) is -0.352. The van der Waals surface area contributed by atoms with E-state index in [9.17, 15) is 4.79 Å². The molecule has 0 amide bonds. The van der Waals surface area contributed by atoms with Crippen molar-refractivity contribution in [2.24, 2.45) is 0 Å². The number of ether oxygens (including phenoxy) is 1. The summed E-state index contributed by atoms with van der Waals surface area (Å²) in [6.45, 7) is 0.144. The fourth-order valence-corrected chi connectivity index (χ4v) is 2.88. The Kier molecular flexibility index (Phi) is 4.94. The molecule has 6 heteroatoms. The van der Waals surface area contributed by atoms with E-state index >= 15 is 0 Å². The van der Waals surface area contributed by atoms with Gasteiger partial charge in [0.05, 0.1) is 29.4 Å². The Bertz CT molecular complexity index is 885. The first-order chi connectivity index (χ1) is 11.7. The van der Waals surface area contributed by atoms with Crippen molar-refractivity contribution in [3.05, 3.63) is 70.9 Å². The number of aromatic nitrogens is 2. The van der Waals surface area contributed by atoms with E-state index in [0.29, 0.717) is 11.3 Å². The molecule has 5 nitrogen and oxygen atoms in total. The minimum Gasteiger partial charge on any atom is -0.461 e. The molecule has 118 valence electrons. The topological polar surface area (TPSA) is 75.9 Å². The number of hydrogen-bond acceptors (Lipinski definition) is 6. The summed E-state index contributed by atoms with van der Waals surface area (Å²) >= 11 is 1.45. The number of carbonyl (C=O) groups is 1. The lowest BCUT2D eigenvalue weighted by Gasteiger charge is -2.04. The molecule has 0 aliphatic heterocycles. The molecule has 0 unspecified atom stereocenters. The van der Waals surface area contributed by atoms with Gasteiger partial charge in [0.25, 0.3) is 0 Å². The zero-order valence-electron chi connectivity index (χ0n) is 12.7. The van der Waals surface area contributed by atoms with E-state index in [4.69, 9.17) is 10.00 Å². The van der Waals surface area contributed by atoms with Gasteiger partial charge >= 0.3 is 5.97 Å². The van der Waals surface area contributed by atoms with Gasteiger partial charge in [0.15, 0.2) is 0 Å². The highest BCUT2D eigenvalue weighted by atomic mass is 32.1. The maximum Gasteiger partial charge on any atom is 0.312 e. The molecule has 0 saturated heterocycles. The minimum atomic E-state index is -0.352. The van der Waals surface area contributed by atoms with Gasteiger partial charge in [0, 0.05) is 11.6 Å². The molecule has 0 aliphatic rings. The summed E-state index contributed by atoms with van der Waals surface area (Å²) in [6.07, 6.45) is 1.82. The lowest BCUT2D eigenvalue weighted by molar-refractivity contribution is -0.144. The Morgan fingerprint density at radius 2 is 2.17 bits per heavy atom. The molecule has 0 saturated carbocycles. The molecule has 0 aliphatic carbocycles. The van der Waals surface area contributed by atoms with Crippen molar-refractivity contribution < 1.29 is 9.53 Å². The van der Waals surface area contributed by atoms with Crippen LogP contribution < -0.4 is 0 Å². The first kappa shape index (κ1) is 15.8. The number of pyridine rings is 1. The number of hydrogen-bond donors (Lipinski definition) is 0. The fraction of sp³-hybridized carbons (Fsp3) is 0.111. The number of rotatable bonds is 5. The van der Waals surface area contributed by atoms with Crippen molar-refractivity contribution in [2.45, 2.75) is 13.0 Å². The Labute approximate surface area is 143 Å². The number of nitrogens with zero attached hydrogens (tertiary/aromatic N) is 3. The summed E-state index contributed by atoms with van der Waals surface area (Å²) < 4.78 is 5.25. The van der Waals surface area contributed by atoms with Crippen LogP contribution >= 0.6 is 11.3 Å².